The van der Waals surface area contributed by atoms with E-state index >= 15 is 0 Å². The van der Waals surface area contributed by atoms with Gasteiger partial charge in [0.2, 0.25) is 5.91 Å². The maximum Gasteiger partial charge on any atom is 0.234 e. The van der Waals surface area contributed by atoms with Crippen molar-refractivity contribution in [3.8, 4) is 17.0 Å². The predicted octanol–water partition coefficient (Wildman–Crippen LogP) is 3.97. The van der Waals surface area contributed by atoms with Crippen LogP contribution in [0.3, 0.4) is 0 Å². The monoisotopic (exact) mass is 371 g/mol. The third-order valence-electron chi connectivity index (χ3n) is 3.81. The highest BCUT2D eigenvalue weighted by Gasteiger charge is 2.12. The number of imidazole rings is 1. The fourth-order valence-electron chi connectivity index (χ4n) is 2.44. The van der Waals surface area contributed by atoms with Crippen LogP contribution in [-0.4, -0.2) is 28.3 Å². The molecule has 1 amide bonds. The first-order valence-electron chi connectivity index (χ1n) is 7.92. The van der Waals surface area contributed by atoms with Gasteiger partial charge in [-0.15, -0.1) is 0 Å². The molecule has 0 atom stereocenters. The lowest BCUT2D eigenvalue weighted by Crippen LogP contribution is -2.15. The third-order valence-corrected chi connectivity index (χ3v) is 4.86. The van der Waals surface area contributed by atoms with Crippen LogP contribution in [0.4, 0.5) is 10.1 Å². The van der Waals surface area contributed by atoms with Crippen molar-refractivity contribution in [3.05, 3.63) is 60.5 Å². The van der Waals surface area contributed by atoms with Crippen LogP contribution in [-0.2, 0) is 11.8 Å². The molecule has 0 aliphatic rings. The van der Waals surface area contributed by atoms with Gasteiger partial charge >= 0.3 is 0 Å². The summed E-state index contributed by atoms with van der Waals surface area (Å²) in [5.74, 6) is 0.190. The van der Waals surface area contributed by atoms with Crippen molar-refractivity contribution >= 4 is 23.4 Å². The summed E-state index contributed by atoms with van der Waals surface area (Å²) in [4.78, 5) is 16.4. The van der Waals surface area contributed by atoms with Gasteiger partial charge in [-0.2, -0.15) is 0 Å². The number of benzene rings is 2. The standard InChI is InChI=1S/C19H18FN3O2S/c1-23-17(13-7-9-14(25-2)10-8-13)11-21-19(23)26-12-18(24)22-16-6-4-3-5-15(16)20/h3-11H,12H2,1-2H3,(H,22,24). The smallest absolute Gasteiger partial charge is 0.234 e. The van der Waals surface area contributed by atoms with Gasteiger partial charge in [-0.05, 0) is 36.4 Å². The molecule has 0 unspecified atom stereocenters. The van der Waals surface area contributed by atoms with E-state index in [4.69, 9.17) is 4.74 Å². The second kappa shape index (κ2) is 8.05. The zero-order valence-corrected chi connectivity index (χ0v) is 15.2. The molecule has 0 fully saturated rings. The van der Waals surface area contributed by atoms with Crippen molar-refractivity contribution in [1.82, 2.24) is 9.55 Å². The molecule has 0 aliphatic heterocycles. The molecule has 2 aromatic carbocycles. The van der Waals surface area contributed by atoms with E-state index in [1.165, 1.54) is 23.9 Å². The molecule has 0 bridgehead atoms. The van der Waals surface area contributed by atoms with Crippen LogP contribution in [0.25, 0.3) is 11.3 Å². The molecule has 0 saturated heterocycles. The number of para-hydroxylation sites is 1. The zero-order chi connectivity index (χ0) is 18.5. The molecule has 7 heteroatoms. The highest BCUT2D eigenvalue weighted by Crippen LogP contribution is 2.26. The number of carbonyl (C=O) groups is 1. The Morgan fingerprint density at radius 2 is 1.96 bits per heavy atom. The summed E-state index contributed by atoms with van der Waals surface area (Å²) >= 11 is 1.30. The molecular formula is C19H18FN3O2S. The Kier molecular flexibility index (Phi) is 5.58. The van der Waals surface area contributed by atoms with E-state index in [2.05, 4.69) is 10.3 Å². The molecule has 0 saturated carbocycles. The molecule has 134 valence electrons. The Morgan fingerprint density at radius 3 is 2.65 bits per heavy atom. The molecule has 3 aromatic rings. The van der Waals surface area contributed by atoms with Gasteiger partial charge in [-0.1, -0.05) is 23.9 Å². The number of thioether (sulfide) groups is 1. The highest BCUT2D eigenvalue weighted by atomic mass is 32.2. The number of methoxy groups -OCH3 is 1. The minimum atomic E-state index is -0.454. The Bertz CT molecular complexity index is 909. The van der Waals surface area contributed by atoms with E-state index < -0.39 is 5.82 Å². The van der Waals surface area contributed by atoms with Gasteiger partial charge in [-0.25, -0.2) is 9.37 Å². The largest absolute Gasteiger partial charge is 0.497 e. The highest BCUT2D eigenvalue weighted by molar-refractivity contribution is 7.99. The van der Waals surface area contributed by atoms with Gasteiger partial charge in [0.1, 0.15) is 11.6 Å². The maximum absolute atomic E-state index is 13.6. The van der Waals surface area contributed by atoms with Gasteiger partial charge in [-0.3, -0.25) is 4.79 Å². The van der Waals surface area contributed by atoms with E-state index in [9.17, 15) is 9.18 Å². The topological polar surface area (TPSA) is 56.1 Å². The molecular weight excluding hydrogens is 353 g/mol. The van der Waals surface area contributed by atoms with E-state index in [-0.39, 0.29) is 17.3 Å². The van der Waals surface area contributed by atoms with E-state index in [0.29, 0.717) is 5.16 Å². The van der Waals surface area contributed by atoms with Crippen molar-refractivity contribution < 1.29 is 13.9 Å². The number of hydrogen-bond acceptors (Lipinski definition) is 4. The maximum atomic E-state index is 13.6. The van der Waals surface area contributed by atoms with Gasteiger partial charge in [0.25, 0.3) is 0 Å². The summed E-state index contributed by atoms with van der Waals surface area (Å²) in [6.45, 7) is 0. The van der Waals surface area contributed by atoms with Gasteiger partial charge < -0.3 is 14.6 Å². The zero-order valence-electron chi connectivity index (χ0n) is 14.4. The van der Waals surface area contributed by atoms with Crippen LogP contribution in [0.1, 0.15) is 0 Å². The Balaban J connectivity index is 1.64. The molecule has 1 N–H and O–H groups in total. The summed E-state index contributed by atoms with van der Waals surface area (Å²) in [7, 11) is 3.52. The normalized spacial score (nSPS) is 10.6. The molecule has 1 heterocycles. The van der Waals surface area contributed by atoms with Crippen molar-refractivity contribution in [3.63, 3.8) is 0 Å². The van der Waals surface area contributed by atoms with Crippen LogP contribution in [0.15, 0.2) is 59.9 Å². The number of aromatic nitrogens is 2. The fourth-order valence-corrected chi connectivity index (χ4v) is 3.19. The Labute approximate surface area is 155 Å². The lowest BCUT2D eigenvalue weighted by molar-refractivity contribution is -0.113. The molecule has 1 aromatic heterocycles. The van der Waals surface area contributed by atoms with E-state index in [0.717, 1.165) is 17.0 Å². The third kappa shape index (κ3) is 4.05. The Morgan fingerprint density at radius 1 is 1.23 bits per heavy atom. The first kappa shape index (κ1) is 18.0. The van der Waals surface area contributed by atoms with Gasteiger partial charge in [0, 0.05) is 12.6 Å². The molecule has 5 nitrogen and oxygen atoms in total. The second-order valence-electron chi connectivity index (χ2n) is 5.53. The van der Waals surface area contributed by atoms with Crippen LogP contribution in [0.5, 0.6) is 5.75 Å². The van der Waals surface area contributed by atoms with Crippen molar-refractivity contribution in [2.24, 2.45) is 7.05 Å². The summed E-state index contributed by atoms with van der Waals surface area (Å²) < 4.78 is 20.7. The van der Waals surface area contributed by atoms with Crippen LogP contribution >= 0.6 is 11.8 Å². The number of anilines is 1. The number of ether oxygens (including phenoxy) is 1. The number of amides is 1. The first-order chi connectivity index (χ1) is 12.6. The van der Waals surface area contributed by atoms with Crippen LogP contribution in [0, 0.1) is 5.82 Å². The lowest BCUT2D eigenvalue weighted by atomic mass is 10.1. The molecule has 0 radical (unpaired) electrons. The van der Waals surface area contributed by atoms with Crippen molar-refractivity contribution in [2.75, 3.05) is 18.2 Å². The fraction of sp³-hybridized carbons (Fsp3) is 0.158. The average Bonchev–Trinajstić information content (AvgIpc) is 3.02. The molecule has 0 aliphatic carbocycles. The second-order valence-corrected chi connectivity index (χ2v) is 6.47. The van der Waals surface area contributed by atoms with Crippen LogP contribution in [0.2, 0.25) is 0 Å². The van der Waals surface area contributed by atoms with Gasteiger partial charge in [0.15, 0.2) is 5.16 Å². The van der Waals surface area contributed by atoms with Crippen molar-refractivity contribution in [1.29, 1.82) is 0 Å². The SMILES string of the molecule is COc1ccc(-c2cnc(SCC(=O)Nc3ccccc3F)n2C)cc1. The van der Waals surface area contributed by atoms with Crippen molar-refractivity contribution in [2.45, 2.75) is 5.16 Å². The van der Waals surface area contributed by atoms with E-state index in [1.54, 1.807) is 25.4 Å². The van der Waals surface area contributed by atoms with E-state index in [1.807, 2.05) is 35.9 Å². The average molecular weight is 371 g/mol. The minimum absolute atomic E-state index is 0.140. The quantitative estimate of drug-likeness (QED) is 0.666. The molecule has 3 rings (SSSR count). The summed E-state index contributed by atoms with van der Waals surface area (Å²) in [6.07, 6.45) is 1.76. The first-order valence-corrected chi connectivity index (χ1v) is 8.90. The summed E-state index contributed by atoms with van der Waals surface area (Å²) in [5.41, 5.74) is 2.12. The predicted molar refractivity (Wildman–Crippen MR) is 101 cm³/mol. The number of rotatable bonds is 6. The Hall–Kier alpha value is -2.80. The van der Waals surface area contributed by atoms with Gasteiger partial charge in [0.05, 0.1) is 30.4 Å². The molecule has 26 heavy (non-hydrogen) atoms. The summed E-state index contributed by atoms with van der Waals surface area (Å²) in [5, 5.41) is 3.27. The molecule has 0 spiro atoms. The number of nitrogens with zero attached hydrogens (tertiary/aromatic N) is 2. The number of halogens is 1. The number of nitrogens with one attached hydrogen (secondary N) is 1. The summed E-state index contributed by atoms with van der Waals surface area (Å²) in [6, 6.07) is 13.8. The van der Waals surface area contributed by atoms with Crippen LogP contribution < -0.4 is 10.1 Å². The minimum Gasteiger partial charge on any atom is -0.497 e. The number of hydrogen-bond donors (Lipinski definition) is 1. The lowest BCUT2D eigenvalue weighted by Gasteiger charge is -2.08. The number of carbonyl (C=O) groups excluding carboxylic acids is 1.